The van der Waals surface area contributed by atoms with Crippen LogP contribution in [0.2, 0.25) is 0 Å². The average Bonchev–Trinajstić information content (AvgIpc) is 3.55. The van der Waals surface area contributed by atoms with Crippen LogP contribution >= 0.6 is 0 Å². The molecule has 29 atom stereocenters. The molecule has 0 amide bonds. The first kappa shape index (κ1) is 60.0. The summed E-state index contributed by atoms with van der Waals surface area (Å²) in [5.41, 5.74) is -2.58. The second-order valence-electron chi connectivity index (χ2n) is 26.2. The Morgan fingerprint density at radius 3 is 1.68 bits per heavy atom. The molecule has 0 bridgehead atoms. The Hall–Kier alpha value is -1.63. The molecule has 14 N–H and O–H groups in total. The Balaban J connectivity index is 1.00. The Bertz CT molecular complexity index is 2130. The number of ether oxygens (including phenoxy) is 8. The maximum atomic E-state index is 14.8. The Morgan fingerprint density at radius 2 is 1.06 bits per heavy atom. The number of esters is 1. The normalized spacial score (nSPS) is 54.4. The van der Waals surface area contributed by atoms with Gasteiger partial charge in [0.05, 0.1) is 43.5 Å². The van der Waals surface area contributed by atoms with Gasteiger partial charge in [0.25, 0.3) is 0 Å². The number of rotatable bonds is 11. The van der Waals surface area contributed by atoms with Crippen LogP contribution in [0.1, 0.15) is 113 Å². The third-order valence-corrected chi connectivity index (χ3v) is 21.6. The van der Waals surface area contributed by atoms with E-state index in [1.807, 2.05) is 13.8 Å². The van der Waals surface area contributed by atoms with Gasteiger partial charge in [0.1, 0.15) is 91.6 Å². The predicted octanol–water partition coefficient (Wildman–Crippen LogP) is -2.04. The van der Waals surface area contributed by atoms with E-state index < -0.39 is 188 Å². The van der Waals surface area contributed by atoms with Crippen LogP contribution in [0.4, 0.5) is 0 Å². The lowest BCUT2D eigenvalue weighted by molar-refractivity contribution is -0.398. The van der Waals surface area contributed by atoms with Crippen molar-refractivity contribution in [3.63, 3.8) is 0 Å². The zero-order valence-electron chi connectivity index (χ0n) is 45.4. The van der Waals surface area contributed by atoms with Crippen LogP contribution in [0.15, 0.2) is 11.6 Å². The van der Waals surface area contributed by atoms with E-state index in [9.17, 15) is 76.3 Å². The zero-order valence-corrected chi connectivity index (χ0v) is 45.4. The summed E-state index contributed by atoms with van der Waals surface area (Å²) in [5.74, 6) is -1.22. The second-order valence-corrected chi connectivity index (χ2v) is 26.2. The third kappa shape index (κ3) is 9.51. The van der Waals surface area contributed by atoms with E-state index in [4.69, 9.17) is 37.9 Å². The predicted molar refractivity (Wildman–Crippen MR) is 263 cm³/mol. The van der Waals surface area contributed by atoms with E-state index >= 15 is 0 Å². The van der Waals surface area contributed by atoms with Gasteiger partial charge >= 0.3 is 5.97 Å². The van der Waals surface area contributed by atoms with Gasteiger partial charge in [-0.1, -0.05) is 60.1 Å². The first-order valence-corrected chi connectivity index (χ1v) is 27.8. The SMILES string of the molecule is C[C@@H]1O[C@H](O[C@H]2[C@H](O[C@H]3CC[C@]4(C)[C@H]5CC=C6C7[C@H](O)C(C)(C)CC[C@]7(C(=O)O[C@@H]7O[C@H](CO)[C@@H](O)[C@H](O)[C@H]7O)CC[C@@]6(C)[C@]5(C)CC[C@H]4C3(C)C)O[C@H](CO)[C@@H](O)[C@@H]2O[C@@H]2O[C@H](CO)[C@@H](O)[C@H](O)[C@H]2O)[C@H](O)[C@H](O)[C@H]1O. The van der Waals surface area contributed by atoms with E-state index in [1.54, 1.807) is 0 Å². The maximum Gasteiger partial charge on any atom is 0.315 e. The molecule has 77 heavy (non-hydrogen) atoms. The fraction of sp³-hybridized carbons (Fsp3) is 0.944. The van der Waals surface area contributed by atoms with E-state index in [0.29, 0.717) is 44.9 Å². The summed E-state index contributed by atoms with van der Waals surface area (Å²) in [6.45, 7) is 14.4. The molecular formula is C54H88O23. The van der Waals surface area contributed by atoms with Gasteiger partial charge in [-0.3, -0.25) is 4.79 Å². The summed E-state index contributed by atoms with van der Waals surface area (Å²) < 4.78 is 49.0. The number of allylic oxidation sites excluding steroid dienone is 1. The van der Waals surface area contributed by atoms with Crippen LogP contribution in [0, 0.1) is 50.2 Å². The molecule has 23 nitrogen and oxygen atoms in total. The van der Waals surface area contributed by atoms with Gasteiger partial charge in [-0.15, -0.1) is 0 Å². The van der Waals surface area contributed by atoms with Crippen LogP contribution in [-0.2, 0) is 42.7 Å². The Labute approximate surface area is 449 Å². The number of carbonyl (C=O) groups excluding carboxylic acids is 1. The smallest absolute Gasteiger partial charge is 0.315 e. The Kier molecular flexibility index (Phi) is 16.8. The number of fused-ring (bicyclic) bond motifs is 7. The van der Waals surface area contributed by atoms with Crippen molar-refractivity contribution in [3.05, 3.63) is 11.6 Å². The summed E-state index contributed by atoms with van der Waals surface area (Å²) in [6, 6.07) is 0. The molecule has 0 radical (unpaired) electrons. The van der Waals surface area contributed by atoms with E-state index in [0.717, 1.165) is 18.4 Å². The molecule has 4 saturated carbocycles. The van der Waals surface area contributed by atoms with Gasteiger partial charge in [0.2, 0.25) is 6.29 Å². The minimum Gasteiger partial charge on any atom is -0.432 e. The quantitative estimate of drug-likeness (QED) is 0.0602. The highest BCUT2D eigenvalue weighted by molar-refractivity contribution is 5.79. The number of aliphatic hydroxyl groups excluding tert-OH is 14. The Morgan fingerprint density at radius 1 is 0.545 bits per heavy atom. The third-order valence-electron chi connectivity index (χ3n) is 21.6. The lowest BCUT2D eigenvalue weighted by Gasteiger charge is -2.71. The van der Waals surface area contributed by atoms with Gasteiger partial charge < -0.3 is 109 Å². The van der Waals surface area contributed by atoms with Crippen molar-refractivity contribution in [2.24, 2.45) is 50.2 Å². The molecule has 9 rings (SSSR count). The number of carbonyl (C=O) groups is 1. The van der Waals surface area contributed by atoms with Crippen molar-refractivity contribution in [2.75, 3.05) is 19.8 Å². The van der Waals surface area contributed by atoms with Gasteiger partial charge in [-0.25, -0.2) is 0 Å². The molecule has 4 heterocycles. The minimum absolute atomic E-state index is 0.0186. The standard InChI is InChI=1S/C54H88O23/c1-22-31(58)35(62)38(65)44(70-22)76-42-41(75-45-39(66)36(63)32(59)24(19-55)71-45)34(61)26(21-57)73-47(42)74-29-12-13-51(6)27(50(29,4)5)11-14-53(8)28(51)10-9-23-30-43(68)49(2,3)15-17-54(30,18-16-52(23,53)7)48(69)77-46-40(67)37(64)33(60)25(20-56)72-46/h9,22,24-47,55-68H,10-21H2,1-8H3/t22-,24+,25+,26+,27-,28+,29-,30?,31-,32+,33+,34+,35+,36-,37-,38+,39+,40+,41-,42+,43-,44+,45-,46-,47-,51-,52+,53+,54-/m0/s1. The summed E-state index contributed by atoms with van der Waals surface area (Å²) in [4.78, 5) is 14.8. The lowest BCUT2D eigenvalue weighted by Crippen LogP contribution is -2.68. The summed E-state index contributed by atoms with van der Waals surface area (Å²) in [6.07, 6.45) is -26.7. The molecule has 8 fully saturated rings. The van der Waals surface area contributed by atoms with Crippen LogP contribution < -0.4 is 0 Å². The molecule has 4 saturated heterocycles. The zero-order chi connectivity index (χ0) is 56.4. The van der Waals surface area contributed by atoms with Crippen molar-refractivity contribution in [3.8, 4) is 0 Å². The molecular weight excluding hydrogens is 1020 g/mol. The van der Waals surface area contributed by atoms with Crippen LogP contribution in [0.25, 0.3) is 0 Å². The van der Waals surface area contributed by atoms with Crippen LogP contribution in [0.3, 0.4) is 0 Å². The summed E-state index contributed by atoms with van der Waals surface area (Å²) in [7, 11) is 0. The summed E-state index contributed by atoms with van der Waals surface area (Å²) in [5, 5.41) is 152. The second kappa shape index (κ2) is 21.5. The van der Waals surface area contributed by atoms with Crippen molar-refractivity contribution < 1.29 is 114 Å². The highest BCUT2D eigenvalue weighted by atomic mass is 16.8. The molecule has 4 aliphatic heterocycles. The topological polar surface area (TPSA) is 374 Å². The van der Waals surface area contributed by atoms with Crippen molar-refractivity contribution in [2.45, 2.75) is 248 Å². The fourth-order valence-corrected chi connectivity index (χ4v) is 16.4. The monoisotopic (exact) mass is 1100 g/mol. The van der Waals surface area contributed by atoms with E-state index in [-0.39, 0.29) is 22.7 Å². The summed E-state index contributed by atoms with van der Waals surface area (Å²) >= 11 is 0. The first-order chi connectivity index (χ1) is 36.0. The van der Waals surface area contributed by atoms with E-state index in [2.05, 4.69) is 40.7 Å². The lowest BCUT2D eigenvalue weighted by atomic mass is 9.33. The molecule has 0 spiro atoms. The first-order valence-electron chi connectivity index (χ1n) is 27.8. The molecule has 5 aliphatic carbocycles. The minimum atomic E-state index is -1.92. The maximum absolute atomic E-state index is 14.8. The largest absolute Gasteiger partial charge is 0.432 e. The molecule has 442 valence electrons. The van der Waals surface area contributed by atoms with Gasteiger partial charge in [0.15, 0.2) is 18.9 Å². The number of hydrogen-bond acceptors (Lipinski definition) is 23. The fourth-order valence-electron chi connectivity index (χ4n) is 16.4. The number of aliphatic hydroxyl groups is 14. The highest BCUT2D eigenvalue weighted by Crippen LogP contribution is 2.76. The average molecular weight is 1110 g/mol. The van der Waals surface area contributed by atoms with Crippen LogP contribution in [-0.4, -0.2) is 232 Å². The molecule has 1 unspecified atom stereocenters. The number of hydrogen-bond donors (Lipinski definition) is 14. The highest BCUT2D eigenvalue weighted by Gasteiger charge is 2.72. The molecule has 0 aromatic rings. The van der Waals surface area contributed by atoms with Crippen LogP contribution in [0.5, 0.6) is 0 Å². The van der Waals surface area contributed by atoms with Crippen molar-refractivity contribution in [1.29, 1.82) is 0 Å². The van der Waals surface area contributed by atoms with Gasteiger partial charge in [-0.05, 0) is 104 Å². The van der Waals surface area contributed by atoms with E-state index in [1.165, 1.54) is 6.92 Å². The van der Waals surface area contributed by atoms with Gasteiger partial charge in [-0.2, -0.15) is 0 Å². The van der Waals surface area contributed by atoms with Crippen molar-refractivity contribution >= 4 is 5.97 Å². The molecule has 9 aliphatic rings. The van der Waals surface area contributed by atoms with Gasteiger partial charge in [0, 0.05) is 5.92 Å². The van der Waals surface area contributed by atoms with Crippen molar-refractivity contribution in [1.82, 2.24) is 0 Å². The molecule has 0 aromatic carbocycles. The molecule has 0 aromatic heterocycles. The molecule has 23 heteroatoms.